The van der Waals surface area contributed by atoms with Crippen LogP contribution in [-0.4, -0.2) is 44.3 Å². The van der Waals surface area contributed by atoms with Crippen molar-refractivity contribution in [2.75, 3.05) is 19.6 Å². The van der Waals surface area contributed by atoms with Gasteiger partial charge in [0.05, 0.1) is 23.8 Å². The Morgan fingerprint density at radius 3 is 2.54 bits per heavy atom. The molecule has 1 aliphatic heterocycles. The van der Waals surface area contributed by atoms with E-state index in [2.05, 4.69) is 20.0 Å². The molecule has 3 aromatic rings. The highest BCUT2D eigenvalue weighted by atomic mass is 35.5. The summed E-state index contributed by atoms with van der Waals surface area (Å²) in [5.41, 5.74) is 2.83. The van der Waals surface area contributed by atoms with Crippen LogP contribution in [0.15, 0.2) is 36.8 Å². The van der Waals surface area contributed by atoms with Crippen LogP contribution in [0.1, 0.15) is 19.3 Å². The monoisotopic (exact) mass is 341 g/mol. The van der Waals surface area contributed by atoms with Crippen molar-refractivity contribution in [2.24, 2.45) is 0 Å². The molecule has 0 atom stereocenters. The number of piperidine rings is 1. The standard InChI is InChI=1S/C18H20ClN5/c19-15-6-4-14(5-7-15)17-16-12-22-24(18(16)21-13-20-17)11-10-23-8-2-1-3-9-23/h4-7,12-13H,1-3,8-11H2. The summed E-state index contributed by atoms with van der Waals surface area (Å²) in [6.07, 6.45) is 7.46. The Labute approximate surface area is 146 Å². The molecular formula is C18H20ClN5. The molecule has 0 amide bonds. The maximum absolute atomic E-state index is 5.98. The highest BCUT2D eigenvalue weighted by Crippen LogP contribution is 2.26. The second-order valence-electron chi connectivity index (χ2n) is 6.24. The summed E-state index contributed by atoms with van der Waals surface area (Å²) in [7, 11) is 0. The first kappa shape index (κ1) is 15.5. The van der Waals surface area contributed by atoms with Crippen LogP contribution >= 0.6 is 11.6 Å². The number of hydrogen-bond acceptors (Lipinski definition) is 4. The molecule has 1 saturated heterocycles. The third-order valence-corrected chi connectivity index (χ3v) is 4.88. The second kappa shape index (κ2) is 6.87. The van der Waals surface area contributed by atoms with Gasteiger partial charge >= 0.3 is 0 Å². The lowest BCUT2D eigenvalue weighted by Gasteiger charge is -2.26. The van der Waals surface area contributed by atoms with Gasteiger partial charge in [-0.05, 0) is 38.1 Å². The van der Waals surface area contributed by atoms with Gasteiger partial charge in [0.25, 0.3) is 0 Å². The first-order valence-corrected chi connectivity index (χ1v) is 8.84. The molecule has 1 aromatic carbocycles. The van der Waals surface area contributed by atoms with Crippen LogP contribution < -0.4 is 0 Å². The zero-order chi connectivity index (χ0) is 16.4. The quantitative estimate of drug-likeness (QED) is 0.727. The van der Waals surface area contributed by atoms with Gasteiger partial charge in [0.15, 0.2) is 5.65 Å². The number of fused-ring (bicyclic) bond motifs is 1. The van der Waals surface area contributed by atoms with Crippen LogP contribution in [0.25, 0.3) is 22.3 Å². The third kappa shape index (κ3) is 3.14. The fraction of sp³-hybridized carbons (Fsp3) is 0.389. The van der Waals surface area contributed by atoms with Gasteiger partial charge in [-0.1, -0.05) is 30.2 Å². The lowest BCUT2D eigenvalue weighted by atomic mass is 10.1. The average Bonchev–Trinajstić information content (AvgIpc) is 3.05. The van der Waals surface area contributed by atoms with Crippen molar-refractivity contribution in [1.29, 1.82) is 0 Å². The van der Waals surface area contributed by atoms with Crippen LogP contribution in [0.4, 0.5) is 0 Å². The molecule has 0 aliphatic carbocycles. The summed E-state index contributed by atoms with van der Waals surface area (Å²) in [5, 5.41) is 6.25. The maximum Gasteiger partial charge on any atom is 0.161 e. The van der Waals surface area contributed by atoms with Crippen LogP contribution in [0.5, 0.6) is 0 Å². The van der Waals surface area contributed by atoms with Gasteiger partial charge in [0.2, 0.25) is 0 Å². The molecular weight excluding hydrogens is 322 g/mol. The Morgan fingerprint density at radius 2 is 1.75 bits per heavy atom. The van der Waals surface area contributed by atoms with E-state index in [1.165, 1.54) is 32.4 Å². The number of benzene rings is 1. The van der Waals surface area contributed by atoms with Crippen molar-refractivity contribution in [3.05, 3.63) is 41.8 Å². The van der Waals surface area contributed by atoms with E-state index >= 15 is 0 Å². The molecule has 0 spiro atoms. The van der Waals surface area contributed by atoms with E-state index in [1.807, 2.05) is 35.1 Å². The lowest BCUT2D eigenvalue weighted by Crippen LogP contribution is -2.32. The number of halogens is 1. The second-order valence-corrected chi connectivity index (χ2v) is 6.67. The molecule has 0 bridgehead atoms. The van der Waals surface area contributed by atoms with E-state index in [1.54, 1.807) is 6.33 Å². The van der Waals surface area contributed by atoms with Gasteiger partial charge in [0, 0.05) is 17.1 Å². The molecule has 0 unspecified atom stereocenters. The van der Waals surface area contributed by atoms with E-state index in [0.29, 0.717) is 0 Å². The smallest absolute Gasteiger partial charge is 0.161 e. The van der Waals surface area contributed by atoms with E-state index in [-0.39, 0.29) is 0 Å². The molecule has 3 heterocycles. The molecule has 4 rings (SSSR count). The Morgan fingerprint density at radius 1 is 0.958 bits per heavy atom. The average molecular weight is 342 g/mol. The fourth-order valence-corrected chi connectivity index (χ4v) is 3.44. The normalized spacial score (nSPS) is 15.9. The van der Waals surface area contributed by atoms with Crippen LogP contribution in [0, 0.1) is 0 Å². The van der Waals surface area contributed by atoms with Gasteiger partial charge in [0.1, 0.15) is 6.33 Å². The topological polar surface area (TPSA) is 46.8 Å². The number of hydrogen-bond donors (Lipinski definition) is 0. The zero-order valence-electron chi connectivity index (χ0n) is 13.5. The summed E-state index contributed by atoms with van der Waals surface area (Å²) < 4.78 is 1.99. The molecule has 1 fully saturated rings. The van der Waals surface area contributed by atoms with Gasteiger partial charge in [-0.2, -0.15) is 5.10 Å². The van der Waals surface area contributed by atoms with Gasteiger partial charge < -0.3 is 4.90 Å². The molecule has 124 valence electrons. The minimum atomic E-state index is 0.723. The number of likely N-dealkylation sites (tertiary alicyclic amines) is 1. The van der Waals surface area contributed by atoms with Crippen molar-refractivity contribution in [3.8, 4) is 11.3 Å². The number of rotatable bonds is 4. The highest BCUT2D eigenvalue weighted by molar-refractivity contribution is 6.30. The first-order valence-electron chi connectivity index (χ1n) is 8.46. The van der Waals surface area contributed by atoms with Crippen LogP contribution in [0.2, 0.25) is 5.02 Å². The molecule has 0 N–H and O–H groups in total. The number of aromatic nitrogens is 4. The van der Waals surface area contributed by atoms with Crippen molar-refractivity contribution >= 4 is 22.6 Å². The van der Waals surface area contributed by atoms with Gasteiger partial charge in [-0.25, -0.2) is 14.6 Å². The molecule has 1 aliphatic rings. The Balaban J connectivity index is 1.60. The van der Waals surface area contributed by atoms with Crippen molar-refractivity contribution in [2.45, 2.75) is 25.8 Å². The minimum absolute atomic E-state index is 0.723. The molecule has 5 nitrogen and oxygen atoms in total. The number of nitrogens with zero attached hydrogens (tertiary/aromatic N) is 5. The Kier molecular flexibility index (Phi) is 4.45. The van der Waals surface area contributed by atoms with Gasteiger partial charge in [-0.15, -0.1) is 0 Å². The summed E-state index contributed by atoms with van der Waals surface area (Å²) in [4.78, 5) is 11.4. The van der Waals surface area contributed by atoms with Gasteiger partial charge in [-0.3, -0.25) is 0 Å². The van der Waals surface area contributed by atoms with E-state index in [0.717, 1.165) is 40.4 Å². The first-order chi connectivity index (χ1) is 11.8. The SMILES string of the molecule is Clc1ccc(-c2ncnc3c2cnn3CCN2CCCCC2)cc1. The summed E-state index contributed by atoms with van der Waals surface area (Å²) in [5.74, 6) is 0. The summed E-state index contributed by atoms with van der Waals surface area (Å²) in [6.45, 7) is 4.28. The molecule has 6 heteroatoms. The molecule has 2 aromatic heterocycles. The van der Waals surface area contributed by atoms with E-state index < -0.39 is 0 Å². The highest BCUT2D eigenvalue weighted by Gasteiger charge is 2.14. The van der Waals surface area contributed by atoms with Crippen LogP contribution in [-0.2, 0) is 6.54 Å². The fourth-order valence-electron chi connectivity index (χ4n) is 3.31. The summed E-state index contributed by atoms with van der Waals surface area (Å²) in [6, 6.07) is 7.72. The zero-order valence-corrected chi connectivity index (χ0v) is 14.3. The molecule has 0 saturated carbocycles. The van der Waals surface area contributed by atoms with Crippen molar-refractivity contribution < 1.29 is 0 Å². The largest absolute Gasteiger partial charge is 0.301 e. The predicted octanol–water partition coefficient (Wildman–Crippen LogP) is 3.63. The van der Waals surface area contributed by atoms with E-state index in [4.69, 9.17) is 11.6 Å². The van der Waals surface area contributed by atoms with Crippen LogP contribution in [0.3, 0.4) is 0 Å². The van der Waals surface area contributed by atoms with Crippen molar-refractivity contribution in [1.82, 2.24) is 24.6 Å². The summed E-state index contributed by atoms with van der Waals surface area (Å²) >= 11 is 5.98. The maximum atomic E-state index is 5.98. The van der Waals surface area contributed by atoms with E-state index in [9.17, 15) is 0 Å². The van der Waals surface area contributed by atoms with Crippen molar-refractivity contribution in [3.63, 3.8) is 0 Å². The molecule has 24 heavy (non-hydrogen) atoms. The third-order valence-electron chi connectivity index (χ3n) is 4.63. The predicted molar refractivity (Wildman–Crippen MR) is 96.1 cm³/mol. The lowest BCUT2D eigenvalue weighted by molar-refractivity contribution is 0.219. The Hall–Kier alpha value is -1.98. The molecule has 0 radical (unpaired) electrons. The Bertz CT molecular complexity index is 821. The minimum Gasteiger partial charge on any atom is -0.301 e.